The van der Waals surface area contributed by atoms with Crippen molar-refractivity contribution in [3.05, 3.63) is 66.0 Å². The predicted molar refractivity (Wildman–Crippen MR) is 112 cm³/mol. The lowest BCUT2D eigenvalue weighted by Crippen LogP contribution is -2.08. The molecular formula is C21H23N5O3. The molecule has 0 fully saturated rings. The van der Waals surface area contributed by atoms with E-state index < -0.39 is 0 Å². The summed E-state index contributed by atoms with van der Waals surface area (Å²) >= 11 is 0. The van der Waals surface area contributed by atoms with Crippen molar-refractivity contribution in [2.75, 3.05) is 30.1 Å². The summed E-state index contributed by atoms with van der Waals surface area (Å²) in [5.74, 6) is 1.37. The average molecular weight is 393 g/mol. The second kappa shape index (κ2) is 9.41. The Bertz CT molecular complexity index is 976. The molecule has 4 N–H and O–H groups in total. The van der Waals surface area contributed by atoms with Crippen molar-refractivity contribution in [2.24, 2.45) is 0 Å². The van der Waals surface area contributed by atoms with Crippen molar-refractivity contribution >= 4 is 29.0 Å². The van der Waals surface area contributed by atoms with Crippen molar-refractivity contribution < 1.29 is 14.3 Å². The van der Waals surface area contributed by atoms with Crippen molar-refractivity contribution in [1.29, 1.82) is 0 Å². The first-order valence-electron chi connectivity index (χ1n) is 9.12. The molecule has 0 bridgehead atoms. The quantitative estimate of drug-likeness (QED) is 0.498. The zero-order valence-corrected chi connectivity index (χ0v) is 16.3. The Balaban J connectivity index is 1.71. The molecule has 3 rings (SSSR count). The number of benzene rings is 2. The molecule has 0 aliphatic heterocycles. The van der Waals surface area contributed by atoms with Crippen LogP contribution >= 0.6 is 0 Å². The first-order valence-corrected chi connectivity index (χ1v) is 9.12. The predicted octanol–water partition coefficient (Wildman–Crippen LogP) is 3.60. The van der Waals surface area contributed by atoms with Gasteiger partial charge in [0, 0.05) is 12.2 Å². The van der Waals surface area contributed by atoms with E-state index in [1.165, 1.54) is 6.33 Å². The molecule has 0 saturated heterocycles. The molecule has 0 spiro atoms. The summed E-state index contributed by atoms with van der Waals surface area (Å²) in [6.07, 6.45) is 1.42. The van der Waals surface area contributed by atoms with Crippen molar-refractivity contribution in [1.82, 2.24) is 9.97 Å². The number of esters is 1. The lowest BCUT2D eigenvalue weighted by Gasteiger charge is -2.13. The van der Waals surface area contributed by atoms with Gasteiger partial charge in [0.15, 0.2) is 11.6 Å². The van der Waals surface area contributed by atoms with Crippen LogP contribution in [-0.2, 0) is 11.3 Å². The van der Waals surface area contributed by atoms with Gasteiger partial charge < -0.3 is 25.8 Å². The number of methoxy groups -OCH3 is 1. The normalized spacial score (nSPS) is 10.3. The number of hydrogen-bond acceptors (Lipinski definition) is 8. The zero-order chi connectivity index (χ0) is 20.6. The number of aromatic nitrogens is 2. The number of carbonyl (C=O) groups excluding carboxylic acids is 1. The van der Waals surface area contributed by atoms with E-state index in [9.17, 15) is 4.79 Å². The van der Waals surface area contributed by atoms with E-state index in [-0.39, 0.29) is 5.97 Å². The topological polar surface area (TPSA) is 111 Å². The number of rotatable bonds is 8. The van der Waals surface area contributed by atoms with Gasteiger partial charge in [0.25, 0.3) is 0 Å². The fraction of sp³-hybridized carbons (Fsp3) is 0.190. The number of nitrogens with zero attached hydrogens (tertiary/aromatic N) is 2. The number of nitrogen functional groups attached to an aromatic ring is 1. The minimum absolute atomic E-state index is 0.318. The second-order valence-electron chi connectivity index (χ2n) is 6.11. The van der Waals surface area contributed by atoms with Crippen molar-refractivity contribution in [2.45, 2.75) is 13.5 Å². The highest BCUT2D eigenvalue weighted by atomic mass is 16.5. The smallest absolute Gasteiger partial charge is 0.338 e. The Morgan fingerprint density at radius 2 is 1.86 bits per heavy atom. The van der Waals surface area contributed by atoms with Gasteiger partial charge in [-0.1, -0.05) is 18.2 Å². The molecule has 1 aromatic heterocycles. The van der Waals surface area contributed by atoms with Gasteiger partial charge in [0.2, 0.25) is 0 Å². The van der Waals surface area contributed by atoms with E-state index in [2.05, 4.69) is 20.6 Å². The maximum atomic E-state index is 11.9. The summed E-state index contributed by atoms with van der Waals surface area (Å²) in [5.41, 5.74) is 8.77. The maximum Gasteiger partial charge on any atom is 0.338 e. The van der Waals surface area contributed by atoms with Crippen LogP contribution in [0.4, 0.5) is 23.0 Å². The van der Waals surface area contributed by atoms with Crippen LogP contribution in [0.25, 0.3) is 0 Å². The highest BCUT2D eigenvalue weighted by Crippen LogP contribution is 2.26. The highest BCUT2D eigenvalue weighted by molar-refractivity contribution is 5.91. The molecule has 0 saturated carbocycles. The summed E-state index contributed by atoms with van der Waals surface area (Å²) in [7, 11) is 1.63. The molecule has 0 radical (unpaired) electrons. The van der Waals surface area contributed by atoms with Crippen LogP contribution in [0, 0.1) is 0 Å². The molecule has 2 aromatic carbocycles. The lowest BCUT2D eigenvalue weighted by molar-refractivity contribution is 0.0526. The van der Waals surface area contributed by atoms with Gasteiger partial charge in [-0.3, -0.25) is 0 Å². The Morgan fingerprint density at radius 3 is 2.59 bits per heavy atom. The monoisotopic (exact) mass is 393 g/mol. The minimum Gasteiger partial charge on any atom is -0.497 e. The molecule has 0 unspecified atom stereocenters. The molecule has 3 aromatic rings. The van der Waals surface area contributed by atoms with Gasteiger partial charge in [-0.05, 0) is 42.8 Å². The van der Waals surface area contributed by atoms with E-state index in [1.54, 1.807) is 32.2 Å². The van der Waals surface area contributed by atoms with Crippen LogP contribution < -0.4 is 21.1 Å². The minimum atomic E-state index is -0.381. The lowest BCUT2D eigenvalue weighted by atomic mass is 10.2. The van der Waals surface area contributed by atoms with E-state index >= 15 is 0 Å². The van der Waals surface area contributed by atoms with Gasteiger partial charge in [0.05, 0.1) is 19.3 Å². The van der Waals surface area contributed by atoms with Crippen LogP contribution in [0.3, 0.4) is 0 Å². The van der Waals surface area contributed by atoms with Crippen LogP contribution in [0.15, 0.2) is 54.9 Å². The van der Waals surface area contributed by atoms with Gasteiger partial charge in [-0.2, -0.15) is 0 Å². The SMILES string of the molecule is CCOC(=O)c1cccc(Nc2ncnc(NCc3ccc(OC)cc3)c2N)c1. The van der Waals surface area contributed by atoms with Crippen LogP contribution in [0.2, 0.25) is 0 Å². The molecule has 8 heteroatoms. The molecule has 150 valence electrons. The number of anilines is 4. The maximum absolute atomic E-state index is 11.9. The first kappa shape index (κ1) is 19.9. The molecule has 1 heterocycles. The van der Waals surface area contributed by atoms with Gasteiger partial charge in [-0.15, -0.1) is 0 Å². The van der Waals surface area contributed by atoms with E-state index in [0.29, 0.717) is 41.7 Å². The van der Waals surface area contributed by atoms with Crippen LogP contribution in [-0.4, -0.2) is 29.7 Å². The number of nitrogens with two attached hydrogens (primary N) is 1. The summed E-state index contributed by atoms with van der Waals surface area (Å²) < 4.78 is 10.2. The third kappa shape index (κ3) is 5.13. The summed E-state index contributed by atoms with van der Waals surface area (Å²) in [5, 5.41) is 6.33. The number of ether oxygens (including phenoxy) is 2. The Morgan fingerprint density at radius 1 is 1.10 bits per heavy atom. The number of hydrogen-bond donors (Lipinski definition) is 3. The Labute approximate surface area is 169 Å². The van der Waals surface area contributed by atoms with Gasteiger partial charge >= 0.3 is 5.97 Å². The standard InChI is InChI=1S/C21H23N5O3/c1-3-29-21(27)15-5-4-6-16(11-15)26-20-18(22)19(24-13-25-20)23-12-14-7-9-17(28-2)10-8-14/h4-11,13H,3,12,22H2,1-2H3,(H2,23,24,25,26). The highest BCUT2D eigenvalue weighted by Gasteiger charge is 2.11. The van der Waals surface area contributed by atoms with E-state index in [1.807, 2.05) is 30.3 Å². The van der Waals surface area contributed by atoms with E-state index in [0.717, 1.165) is 11.3 Å². The van der Waals surface area contributed by atoms with Gasteiger partial charge in [-0.25, -0.2) is 14.8 Å². The molecule has 8 nitrogen and oxygen atoms in total. The second-order valence-corrected chi connectivity index (χ2v) is 6.11. The Hall–Kier alpha value is -3.81. The average Bonchev–Trinajstić information content (AvgIpc) is 2.75. The van der Waals surface area contributed by atoms with E-state index in [4.69, 9.17) is 15.2 Å². The van der Waals surface area contributed by atoms with Crippen LogP contribution in [0.1, 0.15) is 22.8 Å². The number of nitrogens with one attached hydrogen (secondary N) is 2. The zero-order valence-electron chi connectivity index (χ0n) is 16.3. The third-order valence-electron chi connectivity index (χ3n) is 4.14. The fourth-order valence-electron chi connectivity index (χ4n) is 2.64. The summed E-state index contributed by atoms with van der Waals surface area (Å²) in [6, 6.07) is 14.7. The largest absolute Gasteiger partial charge is 0.497 e. The Kier molecular flexibility index (Phi) is 6.47. The molecule has 0 atom stereocenters. The molecule has 0 amide bonds. The van der Waals surface area contributed by atoms with Crippen LogP contribution in [0.5, 0.6) is 5.75 Å². The first-order chi connectivity index (χ1) is 14.1. The van der Waals surface area contributed by atoms with Crippen molar-refractivity contribution in [3.63, 3.8) is 0 Å². The molecule has 29 heavy (non-hydrogen) atoms. The summed E-state index contributed by atoms with van der Waals surface area (Å²) in [6.45, 7) is 2.63. The molecule has 0 aliphatic rings. The van der Waals surface area contributed by atoms with Gasteiger partial charge in [0.1, 0.15) is 17.8 Å². The third-order valence-corrected chi connectivity index (χ3v) is 4.14. The van der Waals surface area contributed by atoms with Crippen molar-refractivity contribution in [3.8, 4) is 5.75 Å². The fourth-order valence-corrected chi connectivity index (χ4v) is 2.64. The molecular weight excluding hydrogens is 370 g/mol. The molecule has 0 aliphatic carbocycles. The summed E-state index contributed by atoms with van der Waals surface area (Å²) in [4.78, 5) is 20.3. The number of carbonyl (C=O) groups is 1.